The number of hydrogen-bond acceptors (Lipinski definition) is 1. The number of carbonyl (C=O) groups excluding carboxylic acids is 1. The van der Waals surface area contributed by atoms with Gasteiger partial charge in [-0.25, -0.2) is 0 Å². The van der Waals surface area contributed by atoms with Crippen LogP contribution in [0.5, 0.6) is 0 Å². The Bertz CT molecular complexity index is 117. The van der Waals surface area contributed by atoms with Crippen molar-refractivity contribution < 1.29 is 4.79 Å². The number of halogens is 1. The van der Waals surface area contributed by atoms with Crippen molar-refractivity contribution in [2.75, 3.05) is 0 Å². The molecule has 0 bridgehead atoms. The first-order valence-electron chi connectivity index (χ1n) is 2.15. The quantitative estimate of drug-likeness (QED) is 0.489. The van der Waals surface area contributed by atoms with E-state index in [-0.39, 0.29) is 10.6 Å². The fraction of sp³-hybridized carbons (Fsp3) is 0.400. The van der Waals surface area contributed by atoms with Crippen LogP contribution < -0.4 is 0 Å². The van der Waals surface area contributed by atoms with Crippen molar-refractivity contribution in [2.24, 2.45) is 0 Å². The molecule has 0 fully saturated rings. The van der Waals surface area contributed by atoms with Gasteiger partial charge in [-0.15, -0.1) is 0 Å². The fourth-order valence-corrected chi connectivity index (χ4v) is 0.893. The molecule has 0 aromatic carbocycles. The van der Waals surface area contributed by atoms with E-state index in [0.29, 0.717) is 0 Å². The molecule has 0 aliphatic heterocycles. The Kier molecular flexibility index (Phi) is 1.28. The Labute approximate surface area is 50.5 Å². The Hall–Kier alpha value is -0.110. The van der Waals surface area contributed by atoms with Crippen LogP contribution >= 0.6 is 15.9 Å². The summed E-state index contributed by atoms with van der Waals surface area (Å²) in [5.41, 5.74) is 0. The van der Waals surface area contributed by atoms with E-state index in [9.17, 15) is 4.79 Å². The molecule has 0 radical (unpaired) electrons. The average molecular weight is 161 g/mol. The van der Waals surface area contributed by atoms with E-state index in [1.165, 1.54) is 0 Å². The van der Waals surface area contributed by atoms with Crippen molar-refractivity contribution in [3.63, 3.8) is 0 Å². The van der Waals surface area contributed by atoms with Crippen molar-refractivity contribution in [2.45, 2.75) is 11.2 Å². The molecule has 0 aromatic rings. The largest absolute Gasteiger partial charge is 0.294 e. The van der Waals surface area contributed by atoms with Gasteiger partial charge in [-0.2, -0.15) is 0 Å². The molecule has 0 saturated carbocycles. The second kappa shape index (κ2) is 1.78. The van der Waals surface area contributed by atoms with Crippen LogP contribution in [-0.4, -0.2) is 10.6 Å². The molecule has 1 aliphatic carbocycles. The number of carbonyl (C=O) groups is 1. The number of alkyl halides is 1. The zero-order valence-corrected chi connectivity index (χ0v) is 5.31. The topological polar surface area (TPSA) is 17.1 Å². The van der Waals surface area contributed by atoms with Crippen molar-refractivity contribution in [3.05, 3.63) is 12.2 Å². The molecule has 1 nitrogen and oxygen atoms in total. The second-order valence-corrected chi connectivity index (χ2v) is 2.61. The predicted molar refractivity (Wildman–Crippen MR) is 31.5 cm³/mol. The van der Waals surface area contributed by atoms with Gasteiger partial charge in [0.2, 0.25) is 0 Å². The molecule has 1 atom stereocenters. The lowest BCUT2D eigenvalue weighted by Crippen LogP contribution is -2.02. The Morgan fingerprint density at radius 3 is 2.71 bits per heavy atom. The lowest BCUT2D eigenvalue weighted by Gasteiger charge is -1.89. The average Bonchev–Trinajstić information content (AvgIpc) is 1.91. The van der Waals surface area contributed by atoms with Crippen LogP contribution in [0.15, 0.2) is 12.2 Å². The minimum absolute atomic E-state index is 0.0764. The standard InChI is InChI=1S/C5H5BrO/c6-4-2-1-3-5(4)7/h1,3-4H,2H2. The van der Waals surface area contributed by atoms with Gasteiger partial charge >= 0.3 is 0 Å². The van der Waals surface area contributed by atoms with Gasteiger partial charge in [0.25, 0.3) is 0 Å². The summed E-state index contributed by atoms with van der Waals surface area (Å²) >= 11 is 3.19. The summed E-state index contributed by atoms with van der Waals surface area (Å²) in [6, 6.07) is 0. The van der Waals surface area contributed by atoms with Gasteiger partial charge in [0.1, 0.15) is 0 Å². The Morgan fingerprint density at radius 2 is 2.57 bits per heavy atom. The summed E-state index contributed by atoms with van der Waals surface area (Å²) in [7, 11) is 0. The summed E-state index contributed by atoms with van der Waals surface area (Å²) in [6.07, 6.45) is 4.35. The summed E-state index contributed by atoms with van der Waals surface area (Å²) in [6.45, 7) is 0. The third-order valence-corrected chi connectivity index (χ3v) is 1.76. The number of rotatable bonds is 0. The Balaban J connectivity index is 2.62. The Morgan fingerprint density at radius 1 is 1.86 bits per heavy atom. The lowest BCUT2D eigenvalue weighted by atomic mass is 10.3. The predicted octanol–water partition coefficient (Wildman–Crippen LogP) is 1.28. The van der Waals surface area contributed by atoms with E-state index in [1.54, 1.807) is 6.08 Å². The number of allylic oxidation sites excluding steroid dienone is 2. The number of hydrogen-bond donors (Lipinski definition) is 0. The summed E-state index contributed by atoms with van der Waals surface area (Å²) in [4.78, 5) is 10.5. The second-order valence-electron chi connectivity index (χ2n) is 1.51. The molecule has 0 amide bonds. The van der Waals surface area contributed by atoms with Crippen LogP contribution in [0, 0.1) is 0 Å². The maximum Gasteiger partial charge on any atom is 0.169 e. The van der Waals surface area contributed by atoms with Crippen molar-refractivity contribution >= 4 is 21.7 Å². The third kappa shape index (κ3) is 0.911. The molecule has 0 saturated heterocycles. The zero-order chi connectivity index (χ0) is 5.28. The molecule has 0 heterocycles. The van der Waals surface area contributed by atoms with Gasteiger partial charge in [-0.1, -0.05) is 22.0 Å². The minimum Gasteiger partial charge on any atom is -0.294 e. The van der Waals surface area contributed by atoms with Gasteiger partial charge in [0.15, 0.2) is 5.78 Å². The summed E-state index contributed by atoms with van der Waals surface area (Å²) in [5, 5.41) is 0. The van der Waals surface area contributed by atoms with Gasteiger partial charge in [0.05, 0.1) is 4.83 Å². The molecule has 0 spiro atoms. The van der Waals surface area contributed by atoms with E-state index in [4.69, 9.17) is 0 Å². The zero-order valence-electron chi connectivity index (χ0n) is 3.73. The molecule has 1 unspecified atom stereocenters. The van der Waals surface area contributed by atoms with Gasteiger partial charge < -0.3 is 0 Å². The highest BCUT2D eigenvalue weighted by Crippen LogP contribution is 2.13. The van der Waals surface area contributed by atoms with Crippen LogP contribution in [-0.2, 0) is 4.79 Å². The van der Waals surface area contributed by atoms with E-state index in [0.717, 1.165) is 6.42 Å². The van der Waals surface area contributed by atoms with Crippen molar-refractivity contribution in [1.29, 1.82) is 0 Å². The van der Waals surface area contributed by atoms with Gasteiger partial charge in [-0.05, 0) is 12.5 Å². The van der Waals surface area contributed by atoms with Crippen LogP contribution in [0.2, 0.25) is 0 Å². The van der Waals surface area contributed by atoms with E-state index in [2.05, 4.69) is 15.9 Å². The summed E-state index contributed by atoms with van der Waals surface area (Å²) in [5.74, 6) is 0.194. The third-order valence-electron chi connectivity index (χ3n) is 0.934. The molecule has 2 heteroatoms. The van der Waals surface area contributed by atoms with Crippen molar-refractivity contribution in [3.8, 4) is 0 Å². The first-order chi connectivity index (χ1) is 3.30. The maximum atomic E-state index is 10.4. The normalized spacial score (nSPS) is 29.3. The molecule has 0 aromatic heterocycles. The highest BCUT2D eigenvalue weighted by Gasteiger charge is 2.14. The highest BCUT2D eigenvalue weighted by molar-refractivity contribution is 9.10. The molecule has 0 N–H and O–H groups in total. The van der Waals surface area contributed by atoms with Crippen molar-refractivity contribution in [1.82, 2.24) is 0 Å². The molecular formula is C5H5BrO. The van der Waals surface area contributed by atoms with Crippen LogP contribution in [0.1, 0.15) is 6.42 Å². The van der Waals surface area contributed by atoms with E-state index < -0.39 is 0 Å². The maximum absolute atomic E-state index is 10.4. The van der Waals surface area contributed by atoms with Gasteiger partial charge in [-0.3, -0.25) is 4.79 Å². The molecular weight excluding hydrogens is 156 g/mol. The number of ketones is 1. The first kappa shape index (κ1) is 5.04. The molecule has 7 heavy (non-hydrogen) atoms. The monoisotopic (exact) mass is 160 g/mol. The molecule has 1 rings (SSSR count). The molecule has 38 valence electrons. The SMILES string of the molecule is O=C1C=CCC1Br. The summed E-state index contributed by atoms with van der Waals surface area (Å²) < 4.78 is 0. The highest BCUT2D eigenvalue weighted by atomic mass is 79.9. The first-order valence-corrected chi connectivity index (χ1v) is 3.07. The lowest BCUT2D eigenvalue weighted by molar-refractivity contribution is -0.113. The van der Waals surface area contributed by atoms with E-state index in [1.807, 2.05) is 6.08 Å². The van der Waals surface area contributed by atoms with E-state index >= 15 is 0 Å². The smallest absolute Gasteiger partial charge is 0.169 e. The van der Waals surface area contributed by atoms with Crippen LogP contribution in [0.25, 0.3) is 0 Å². The minimum atomic E-state index is 0.0764. The van der Waals surface area contributed by atoms with Gasteiger partial charge in [0, 0.05) is 0 Å². The fourth-order valence-electron chi connectivity index (χ4n) is 0.524. The molecule has 1 aliphatic rings. The van der Waals surface area contributed by atoms with Crippen LogP contribution in [0.4, 0.5) is 0 Å². The van der Waals surface area contributed by atoms with Crippen LogP contribution in [0.3, 0.4) is 0 Å².